The highest BCUT2D eigenvalue weighted by molar-refractivity contribution is 6.01. The molecule has 0 bridgehead atoms. The lowest BCUT2D eigenvalue weighted by Gasteiger charge is -2.46. The summed E-state index contributed by atoms with van der Waals surface area (Å²) >= 11 is 0. The first-order chi connectivity index (χ1) is 13.6. The number of hydrogen-bond donors (Lipinski definition) is 2. The minimum absolute atomic E-state index is 0.0833. The molecular formula is C23H20N5+. The van der Waals surface area contributed by atoms with Crippen molar-refractivity contribution in [1.29, 1.82) is 21.2 Å². The molecule has 0 amide bonds. The second-order valence-electron chi connectivity index (χ2n) is 7.73. The number of nitriles is 3. The minimum atomic E-state index is -1.65. The molecule has 1 aliphatic heterocycles. The summed E-state index contributed by atoms with van der Waals surface area (Å²) in [5.74, 6) is -1.41. The van der Waals surface area contributed by atoms with Crippen LogP contribution >= 0.6 is 0 Å². The van der Waals surface area contributed by atoms with Crippen molar-refractivity contribution in [1.82, 2.24) is 0 Å². The van der Waals surface area contributed by atoms with Crippen LogP contribution in [0.2, 0.25) is 0 Å². The second-order valence-corrected chi connectivity index (χ2v) is 7.73. The summed E-state index contributed by atoms with van der Waals surface area (Å²) in [7, 11) is 2.08. The summed E-state index contributed by atoms with van der Waals surface area (Å²) in [5.41, 5.74) is 0.0783. The zero-order valence-corrected chi connectivity index (χ0v) is 15.6. The van der Waals surface area contributed by atoms with Crippen LogP contribution in [0.25, 0.3) is 10.8 Å². The first-order valence-corrected chi connectivity index (χ1v) is 9.37. The largest absolute Gasteiger partial charge is 0.334 e. The molecule has 2 N–H and O–H groups in total. The first-order valence-electron chi connectivity index (χ1n) is 9.37. The zero-order chi connectivity index (χ0) is 19.9. The molecule has 0 saturated heterocycles. The first kappa shape index (κ1) is 17.9. The van der Waals surface area contributed by atoms with Crippen LogP contribution < -0.4 is 4.90 Å². The Bertz CT molecular complexity index is 1100. The van der Waals surface area contributed by atoms with Crippen molar-refractivity contribution in [3.63, 3.8) is 0 Å². The van der Waals surface area contributed by atoms with Crippen LogP contribution in [-0.2, 0) is 0 Å². The molecule has 5 nitrogen and oxygen atoms in total. The SMILES string of the molecule is C[NH+]1CC=C2C(C#N)C(=N)C(C#N)(C#N)[C@@H](c3cccc4ccccc34)[C@H]2C1. The molecule has 1 saturated carbocycles. The van der Waals surface area contributed by atoms with E-state index in [1.165, 1.54) is 4.90 Å². The number of hydrogen-bond acceptors (Lipinski definition) is 4. The van der Waals surface area contributed by atoms with Crippen LogP contribution in [0.3, 0.4) is 0 Å². The summed E-state index contributed by atoms with van der Waals surface area (Å²) in [6, 6.07) is 20.4. The van der Waals surface area contributed by atoms with E-state index in [9.17, 15) is 15.8 Å². The van der Waals surface area contributed by atoms with E-state index in [0.29, 0.717) is 0 Å². The highest BCUT2D eigenvalue weighted by atomic mass is 15.1. The zero-order valence-electron chi connectivity index (χ0n) is 15.6. The molecule has 28 heavy (non-hydrogen) atoms. The average Bonchev–Trinajstić information content (AvgIpc) is 2.73. The third-order valence-electron chi connectivity index (χ3n) is 6.24. The Labute approximate surface area is 164 Å². The highest BCUT2D eigenvalue weighted by Crippen LogP contribution is 2.53. The summed E-state index contributed by atoms with van der Waals surface area (Å²) in [6.45, 7) is 1.52. The van der Waals surface area contributed by atoms with E-state index in [1.54, 1.807) is 0 Å². The van der Waals surface area contributed by atoms with Crippen LogP contribution in [0.4, 0.5) is 0 Å². The second kappa shape index (κ2) is 6.61. The number of fused-ring (bicyclic) bond motifs is 2. The molecule has 0 spiro atoms. The number of nitrogens with zero attached hydrogens (tertiary/aromatic N) is 3. The predicted octanol–water partition coefficient (Wildman–Crippen LogP) is 2.20. The van der Waals surface area contributed by atoms with Crippen molar-refractivity contribution in [3.8, 4) is 18.2 Å². The summed E-state index contributed by atoms with van der Waals surface area (Å²) in [6.07, 6.45) is 2.04. The van der Waals surface area contributed by atoms with E-state index in [-0.39, 0.29) is 11.6 Å². The van der Waals surface area contributed by atoms with Gasteiger partial charge < -0.3 is 10.3 Å². The van der Waals surface area contributed by atoms with Crippen molar-refractivity contribution >= 4 is 16.5 Å². The smallest absolute Gasteiger partial charge is 0.189 e. The fourth-order valence-corrected chi connectivity index (χ4v) is 4.92. The normalized spacial score (nSPS) is 28.4. The maximum Gasteiger partial charge on any atom is 0.189 e. The Morgan fingerprint density at radius 2 is 1.79 bits per heavy atom. The Kier molecular flexibility index (Phi) is 4.23. The molecular weight excluding hydrogens is 346 g/mol. The lowest BCUT2D eigenvalue weighted by atomic mass is 9.54. The molecule has 0 radical (unpaired) electrons. The van der Waals surface area contributed by atoms with Gasteiger partial charge in [-0.25, -0.2) is 0 Å². The van der Waals surface area contributed by atoms with E-state index in [1.807, 2.05) is 48.5 Å². The van der Waals surface area contributed by atoms with E-state index < -0.39 is 17.3 Å². The molecule has 1 aliphatic carbocycles. The van der Waals surface area contributed by atoms with Crippen LogP contribution in [0.1, 0.15) is 11.5 Å². The van der Waals surface area contributed by atoms with Gasteiger partial charge in [0.15, 0.2) is 5.41 Å². The summed E-state index contributed by atoms with van der Waals surface area (Å²) < 4.78 is 0. The van der Waals surface area contributed by atoms with Gasteiger partial charge in [0, 0.05) is 11.8 Å². The van der Waals surface area contributed by atoms with Crippen molar-refractivity contribution in [2.45, 2.75) is 5.92 Å². The fourth-order valence-electron chi connectivity index (χ4n) is 4.92. The van der Waals surface area contributed by atoms with Gasteiger partial charge in [0.1, 0.15) is 5.92 Å². The van der Waals surface area contributed by atoms with Crippen LogP contribution in [0.5, 0.6) is 0 Å². The maximum absolute atomic E-state index is 10.1. The van der Waals surface area contributed by atoms with E-state index in [4.69, 9.17) is 5.41 Å². The lowest BCUT2D eigenvalue weighted by molar-refractivity contribution is -0.878. The van der Waals surface area contributed by atoms with Gasteiger partial charge in [0.25, 0.3) is 0 Å². The monoisotopic (exact) mass is 366 g/mol. The van der Waals surface area contributed by atoms with Gasteiger partial charge in [0.05, 0.1) is 44.1 Å². The van der Waals surface area contributed by atoms with E-state index in [2.05, 4.69) is 25.3 Å². The molecule has 4 atom stereocenters. The van der Waals surface area contributed by atoms with Crippen LogP contribution in [0, 0.1) is 56.7 Å². The quantitative estimate of drug-likeness (QED) is 0.757. The Balaban J connectivity index is 2.04. The van der Waals surface area contributed by atoms with Crippen molar-refractivity contribution < 1.29 is 4.90 Å². The summed E-state index contributed by atoms with van der Waals surface area (Å²) in [5, 5.41) is 40.8. The summed E-state index contributed by atoms with van der Waals surface area (Å²) in [4.78, 5) is 1.27. The Hall–Kier alpha value is -3.46. The van der Waals surface area contributed by atoms with Gasteiger partial charge in [-0.3, -0.25) is 0 Å². The topological polar surface area (TPSA) is 99.7 Å². The minimum Gasteiger partial charge on any atom is -0.334 e. The number of benzene rings is 2. The van der Waals surface area contributed by atoms with E-state index >= 15 is 0 Å². The van der Waals surface area contributed by atoms with Crippen molar-refractivity contribution in [2.75, 3.05) is 20.1 Å². The molecule has 5 heteroatoms. The van der Waals surface area contributed by atoms with Gasteiger partial charge in [-0.1, -0.05) is 42.5 Å². The number of nitrogens with one attached hydrogen (secondary N) is 2. The number of quaternary nitrogens is 1. The number of rotatable bonds is 1. The molecule has 136 valence electrons. The highest BCUT2D eigenvalue weighted by Gasteiger charge is 2.58. The lowest BCUT2D eigenvalue weighted by Crippen LogP contribution is -3.10. The van der Waals surface area contributed by atoms with Gasteiger partial charge in [-0.15, -0.1) is 0 Å². The van der Waals surface area contributed by atoms with Gasteiger partial charge >= 0.3 is 0 Å². The molecule has 4 rings (SSSR count). The Morgan fingerprint density at radius 3 is 2.50 bits per heavy atom. The van der Waals surface area contributed by atoms with Gasteiger partial charge in [-0.05, 0) is 28.0 Å². The standard InChI is InChI=1S/C23H19N5/c1-28-10-9-17-19(11-24)22(27)23(13-25,14-26)21(20(17)12-28)18-8-4-6-15-5-2-3-7-16(15)18/h2-9,19-21,27H,10,12H2,1H3/p+1/t19?,20-,21-/m0/s1. The van der Waals surface area contributed by atoms with Crippen molar-refractivity contribution in [3.05, 3.63) is 59.7 Å². The molecule has 0 aromatic heterocycles. The van der Waals surface area contributed by atoms with Gasteiger partial charge in [0.2, 0.25) is 0 Å². The van der Waals surface area contributed by atoms with Crippen molar-refractivity contribution in [2.24, 2.45) is 17.3 Å². The van der Waals surface area contributed by atoms with Crippen LogP contribution in [-0.4, -0.2) is 25.8 Å². The molecule has 2 aliphatic rings. The molecule has 2 aromatic rings. The predicted molar refractivity (Wildman–Crippen MR) is 105 cm³/mol. The Morgan fingerprint density at radius 1 is 1.07 bits per heavy atom. The third kappa shape index (κ3) is 2.36. The molecule has 1 heterocycles. The molecule has 1 fully saturated rings. The van der Waals surface area contributed by atoms with Crippen LogP contribution in [0.15, 0.2) is 54.1 Å². The molecule has 2 aromatic carbocycles. The molecule has 2 unspecified atom stereocenters. The van der Waals surface area contributed by atoms with E-state index in [0.717, 1.165) is 35.0 Å². The average molecular weight is 366 g/mol. The maximum atomic E-state index is 10.1. The number of likely N-dealkylation sites (N-methyl/N-ethyl adjacent to an activating group) is 1. The fraction of sp³-hybridized carbons (Fsp3) is 0.304. The third-order valence-corrected chi connectivity index (χ3v) is 6.24. The van der Waals surface area contributed by atoms with Gasteiger partial charge in [-0.2, -0.15) is 15.8 Å².